The van der Waals surface area contributed by atoms with E-state index in [-0.39, 0.29) is 5.54 Å². The fourth-order valence-electron chi connectivity index (χ4n) is 3.20. The van der Waals surface area contributed by atoms with Crippen molar-refractivity contribution >= 4 is 11.3 Å². The summed E-state index contributed by atoms with van der Waals surface area (Å²) in [6.45, 7) is 2.05. The predicted octanol–water partition coefficient (Wildman–Crippen LogP) is 2.43. The number of aryl methyl sites for hydroxylation is 1. The van der Waals surface area contributed by atoms with Gasteiger partial charge in [-0.05, 0) is 38.0 Å². The highest BCUT2D eigenvalue weighted by Gasteiger charge is 2.50. The number of nitrogens with zero attached hydrogens (tertiary/aromatic N) is 1. The standard InChI is InChI=1S/C11H16N2S/c1-7-6-14-10(13-7)11(12)5-8-2-3-9(11)4-8/h6,8-9H,2-5,12H2,1H3. The lowest BCUT2D eigenvalue weighted by Crippen LogP contribution is -2.41. The molecule has 76 valence electrons. The van der Waals surface area contributed by atoms with E-state index >= 15 is 0 Å². The van der Waals surface area contributed by atoms with Crippen molar-refractivity contribution in [3.63, 3.8) is 0 Å². The molecule has 3 unspecified atom stereocenters. The second kappa shape index (κ2) is 2.80. The van der Waals surface area contributed by atoms with Crippen molar-refractivity contribution in [3.05, 3.63) is 16.1 Å². The Balaban J connectivity index is 1.97. The Kier molecular flexibility index (Phi) is 1.77. The van der Waals surface area contributed by atoms with Crippen molar-refractivity contribution in [3.8, 4) is 0 Å². The van der Waals surface area contributed by atoms with E-state index in [1.54, 1.807) is 11.3 Å². The number of rotatable bonds is 1. The quantitative estimate of drug-likeness (QED) is 0.770. The van der Waals surface area contributed by atoms with Gasteiger partial charge in [0.2, 0.25) is 0 Å². The second-order valence-corrected chi connectivity index (χ2v) is 5.77. The molecule has 14 heavy (non-hydrogen) atoms. The normalized spacial score (nSPS) is 40.7. The average Bonchev–Trinajstić information content (AvgIpc) is 2.78. The number of fused-ring (bicyclic) bond motifs is 2. The summed E-state index contributed by atoms with van der Waals surface area (Å²) in [7, 11) is 0. The van der Waals surface area contributed by atoms with Crippen LogP contribution in [0.25, 0.3) is 0 Å². The summed E-state index contributed by atoms with van der Waals surface area (Å²) in [4.78, 5) is 4.58. The zero-order chi connectivity index (χ0) is 9.76. The van der Waals surface area contributed by atoms with E-state index in [2.05, 4.69) is 17.3 Å². The second-order valence-electron chi connectivity index (χ2n) is 4.91. The summed E-state index contributed by atoms with van der Waals surface area (Å²) >= 11 is 1.75. The monoisotopic (exact) mass is 208 g/mol. The Morgan fingerprint density at radius 3 is 2.93 bits per heavy atom. The molecule has 3 atom stereocenters. The van der Waals surface area contributed by atoms with Crippen LogP contribution in [0.3, 0.4) is 0 Å². The van der Waals surface area contributed by atoms with Crippen molar-refractivity contribution in [1.29, 1.82) is 0 Å². The van der Waals surface area contributed by atoms with Crippen molar-refractivity contribution in [2.45, 2.75) is 38.1 Å². The molecule has 1 aromatic rings. The van der Waals surface area contributed by atoms with Crippen LogP contribution in [0.5, 0.6) is 0 Å². The van der Waals surface area contributed by atoms with Crippen molar-refractivity contribution in [1.82, 2.24) is 4.98 Å². The fraction of sp³-hybridized carbons (Fsp3) is 0.727. The summed E-state index contributed by atoms with van der Waals surface area (Å²) in [5.74, 6) is 1.59. The van der Waals surface area contributed by atoms with Crippen LogP contribution in [-0.4, -0.2) is 4.98 Å². The maximum absolute atomic E-state index is 6.53. The third kappa shape index (κ3) is 1.09. The van der Waals surface area contributed by atoms with Gasteiger partial charge in [0.05, 0.1) is 5.54 Å². The van der Waals surface area contributed by atoms with Crippen LogP contribution in [0.1, 0.15) is 36.4 Å². The van der Waals surface area contributed by atoms with E-state index in [1.807, 2.05) is 0 Å². The third-order valence-electron chi connectivity index (χ3n) is 3.91. The summed E-state index contributed by atoms with van der Waals surface area (Å²) in [5.41, 5.74) is 7.58. The minimum Gasteiger partial charge on any atom is -0.319 e. The lowest BCUT2D eigenvalue weighted by Gasteiger charge is -2.31. The van der Waals surface area contributed by atoms with Crippen molar-refractivity contribution in [2.75, 3.05) is 0 Å². The molecule has 0 saturated heterocycles. The molecular formula is C11H16N2S. The van der Waals surface area contributed by atoms with Gasteiger partial charge >= 0.3 is 0 Å². The van der Waals surface area contributed by atoms with E-state index in [1.165, 1.54) is 30.7 Å². The van der Waals surface area contributed by atoms with Crippen LogP contribution in [0, 0.1) is 18.8 Å². The van der Waals surface area contributed by atoms with E-state index in [9.17, 15) is 0 Å². The first-order chi connectivity index (χ1) is 6.68. The molecule has 2 bridgehead atoms. The Morgan fingerprint density at radius 2 is 2.43 bits per heavy atom. The van der Waals surface area contributed by atoms with Gasteiger partial charge < -0.3 is 5.73 Å². The molecule has 2 fully saturated rings. The minimum absolute atomic E-state index is 0.0676. The van der Waals surface area contributed by atoms with Crippen LogP contribution in [-0.2, 0) is 5.54 Å². The molecule has 1 aromatic heterocycles. The van der Waals surface area contributed by atoms with Crippen LogP contribution in [0.2, 0.25) is 0 Å². The summed E-state index contributed by atoms with van der Waals surface area (Å²) in [5, 5.41) is 3.30. The Bertz CT molecular complexity index is 360. The highest BCUT2D eigenvalue weighted by Crippen LogP contribution is 2.54. The van der Waals surface area contributed by atoms with Crippen LogP contribution in [0.15, 0.2) is 5.38 Å². The Morgan fingerprint density at radius 1 is 1.57 bits per heavy atom. The molecule has 2 aliphatic carbocycles. The van der Waals surface area contributed by atoms with Gasteiger partial charge in [0.25, 0.3) is 0 Å². The van der Waals surface area contributed by atoms with E-state index in [0.717, 1.165) is 11.6 Å². The maximum atomic E-state index is 6.53. The van der Waals surface area contributed by atoms with E-state index < -0.39 is 0 Å². The van der Waals surface area contributed by atoms with Gasteiger partial charge in [-0.3, -0.25) is 0 Å². The minimum atomic E-state index is -0.0676. The highest BCUT2D eigenvalue weighted by atomic mass is 32.1. The van der Waals surface area contributed by atoms with Crippen molar-refractivity contribution in [2.24, 2.45) is 17.6 Å². The molecule has 0 amide bonds. The Hall–Kier alpha value is -0.410. The van der Waals surface area contributed by atoms with Crippen LogP contribution < -0.4 is 5.73 Å². The van der Waals surface area contributed by atoms with Gasteiger partial charge in [0, 0.05) is 11.1 Å². The SMILES string of the molecule is Cc1csc(C2(N)CC3CCC2C3)n1. The highest BCUT2D eigenvalue weighted by molar-refractivity contribution is 7.09. The molecule has 0 aromatic carbocycles. The van der Waals surface area contributed by atoms with Gasteiger partial charge in [-0.1, -0.05) is 6.42 Å². The summed E-state index contributed by atoms with van der Waals surface area (Å²) < 4.78 is 0. The lowest BCUT2D eigenvalue weighted by molar-refractivity contribution is 0.275. The predicted molar refractivity (Wildman–Crippen MR) is 58.2 cm³/mol. The molecule has 0 aliphatic heterocycles. The first-order valence-corrected chi connectivity index (χ1v) is 6.28. The molecule has 2 N–H and O–H groups in total. The smallest absolute Gasteiger partial charge is 0.113 e. The molecule has 2 aliphatic rings. The zero-order valence-electron chi connectivity index (χ0n) is 8.49. The summed E-state index contributed by atoms with van der Waals surface area (Å²) in [6, 6.07) is 0. The van der Waals surface area contributed by atoms with Gasteiger partial charge in [-0.15, -0.1) is 11.3 Å². The largest absolute Gasteiger partial charge is 0.319 e. The number of thiazole rings is 1. The van der Waals surface area contributed by atoms with Crippen LogP contribution >= 0.6 is 11.3 Å². The number of hydrogen-bond acceptors (Lipinski definition) is 3. The average molecular weight is 208 g/mol. The summed E-state index contributed by atoms with van der Waals surface area (Å²) in [6.07, 6.45) is 5.23. The maximum Gasteiger partial charge on any atom is 0.113 e. The number of nitrogens with two attached hydrogens (primary N) is 1. The zero-order valence-corrected chi connectivity index (χ0v) is 9.31. The first kappa shape index (κ1) is 8.86. The molecule has 2 saturated carbocycles. The number of hydrogen-bond donors (Lipinski definition) is 1. The van der Waals surface area contributed by atoms with Crippen molar-refractivity contribution < 1.29 is 0 Å². The molecule has 3 rings (SSSR count). The molecule has 0 spiro atoms. The van der Waals surface area contributed by atoms with Gasteiger partial charge in [-0.2, -0.15) is 0 Å². The fourth-order valence-corrected chi connectivity index (χ4v) is 4.20. The van der Waals surface area contributed by atoms with E-state index in [4.69, 9.17) is 5.73 Å². The third-order valence-corrected chi connectivity index (χ3v) is 5.07. The van der Waals surface area contributed by atoms with Crippen LogP contribution in [0.4, 0.5) is 0 Å². The van der Waals surface area contributed by atoms with E-state index in [0.29, 0.717) is 5.92 Å². The molecule has 2 nitrogen and oxygen atoms in total. The molecule has 1 heterocycles. The topological polar surface area (TPSA) is 38.9 Å². The molecule has 0 radical (unpaired) electrons. The van der Waals surface area contributed by atoms with Gasteiger partial charge in [0.1, 0.15) is 5.01 Å². The number of aromatic nitrogens is 1. The van der Waals surface area contributed by atoms with Gasteiger partial charge in [-0.25, -0.2) is 4.98 Å². The lowest BCUT2D eigenvalue weighted by atomic mass is 9.82. The molecule has 3 heteroatoms. The van der Waals surface area contributed by atoms with Gasteiger partial charge in [0.15, 0.2) is 0 Å². The molecular weight excluding hydrogens is 192 g/mol. The first-order valence-electron chi connectivity index (χ1n) is 5.40. The Labute approximate surface area is 88.5 Å².